The molecule has 0 saturated heterocycles. The van der Waals surface area contributed by atoms with Crippen molar-refractivity contribution in [1.29, 1.82) is 0 Å². The van der Waals surface area contributed by atoms with Crippen molar-refractivity contribution < 1.29 is 23.8 Å². The second-order valence-corrected chi connectivity index (χ2v) is 5.35. The molecule has 5 nitrogen and oxygen atoms in total. The number of aryl methyl sites for hydroxylation is 1. The summed E-state index contributed by atoms with van der Waals surface area (Å²) in [5.74, 6) is -1.54. The highest BCUT2D eigenvalue weighted by Crippen LogP contribution is 2.24. The van der Waals surface area contributed by atoms with Gasteiger partial charge in [-0.2, -0.15) is 0 Å². The summed E-state index contributed by atoms with van der Waals surface area (Å²) < 4.78 is 17.8. The lowest BCUT2D eigenvalue weighted by Gasteiger charge is -2.06. The predicted molar refractivity (Wildman–Crippen MR) is 81.9 cm³/mol. The maximum absolute atomic E-state index is 12.8. The summed E-state index contributed by atoms with van der Waals surface area (Å²) in [5.41, 5.74) is 2.39. The number of H-pyrrole nitrogens is 1. The van der Waals surface area contributed by atoms with Crippen molar-refractivity contribution in [2.24, 2.45) is 0 Å². The molecule has 0 fully saturated rings. The zero-order valence-corrected chi connectivity index (χ0v) is 13.1. The molecule has 122 valence electrons. The molecule has 6 heteroatoms. The Labute approximate surface area is 133 Å². The number of carbonyl (C=O) groups excluding carboxylic acids is 2. The van der Waals surface area contributed by atoms with Gasteiger partial charge in [-0.25, -0.2) is 9.18 Å². The third kappa shape index (κ3) is 3.65. The number of hydrogen-bond donors (Lipinski definition) is 2. The molecule has 0 bridgehead atoms. The summed E-state index contributed by atoms with van der Waals surface area (Å²) in [4.78, 5) is 26.9. The number of aliphatic hydroxyl groups is 1. The van der Waals surface area contributed by atoms with E-state index in [4.69, 9.17) is 4.74 Å². The fourth-order valence-electron chi connectivity index (χ4n) is 2.52. The largest absolute Gasteiger partial charge is 0.453 e. The van der Waals surface area contributed by atoms with E-state index in [1.165, 1.54) is 24.3 Å². The van der Waals surface area contributed by atoms with E-state index in [1.807, 2.05) is 0 Å². The van der Waals surface area contributed by atoms with Crippen LogP contribution in [0.25, 0.3) is 0 Å². The van der Waals surface area contributed by atoms with Gasteiger partial charge in [0.05, 0.1) is 6.10 Å². The van der Waals surface area contributed by atoms with Crippen molar-refractivity contribution in [3.05, 3.63) is 58.2 Å². The van der Waals surface area contributed by atoms with Crippen LogP contribution in [-0.4, -0.2) is 28.4 Å². The first kappa shape index (κ1) is 16.9. The Morgan fingerprint density at radius 1 is 1.26 bits per heavy atom. The first-order valence-electron chi connectivity index (χ1n) is 7.14. The van der Waals surface area contributed by atoms with E-state index in [2.05, 4.69) is 4.98 Å². The number of ketones is 1. The van der Waals surface area contributed by atoms with E-state index in [1.54, 1.807) is 20.8 Å². The van der Waals surface area contributed by atoms with E-state index in [9.17, 15) is 19.1 Å². The molecule has 0 amide bonds. The molecule has 2 N–H and O–H groups in total. The van der Waals surface area contributed by atoms with E-state index in [-0.39, 0.29) is 11.3 Å². The highest BCUT2D eigenvalue weighted by molar-refractivity contribution is 5.99. The molecule has 1 heterocycles. The Hall–Kier alpha value is -2.47. The minimum atomic E-state index is -0.714. The van der Waals surface area contributed by atoms with Gasteiger partial charge in [0.2, 0.25) is 0 Å². The Morgan fingerprint density at radius 3 is 2.39 bits per heavy atom. The number of aliphatic hydroxyl groups excluding tert-OH is 1. The normalized spacial score (nSPS) is 12.0. The van der Waals surface area contributed by atoms with Gasteiger partial charge in [-0.15, -0.1) is 0 Å². The SMILES string of the molecule is Cc1[nH]c(C(=O)OCC(=O)c2ccc(F)cc2)c(C)c1[C@@H](C)O. The molecule has 2 aromatic rings. The van der Waals surface area contributed by atoms with E-state index in [0.29, 0.717) is 16.8 Å². The van der Waals surface area contributed by atoms with Crippen molar-refractivity contribution in [2.75, 3.05) is 6.61 Å². The Bertz CT molecular complexity index is 732. The molecule has 23 heavy (non-hydrogen) atoms. The molecule has 1 atom stereocenters. The van der Waals surface area contributed by atoms with Crippen molar-refractivity contribution in [3.63, 3.8) is 0 Å². The molecule has 1 aromatic carbocycles. The maximum atomic E-state index is 12.8. The lowest BCUT2D eigenvalue weighted by Crippen LogP contribution is -2.15. The number of nitrogens with one attached hydrogen (secondary N) is 1. The average molecular weight is 319 g/mol. The molecular formula is C17H18FNO4. The topological polar surface area (TPSA) is 79.4 Å². The summed E-state index contributed by atoms with van der Waals surface area (Å²) in [6, 6.07) is 5.01. The van der Waals surface area contributed by atoms with Crippen LogP contribution in [0.1, 0.15) is 50.7 Å². The Balaban J connectivity index is 2.07. The number of halogens is 1. The predicted octanol–water partition coefficient (Wildman–Crippen LogP) is 2.86. The third-order valence-electron chi connectivity index (χ3n) is 3.62. The summed E-state index contributed by atoms with van der Waals surface area (Å²) in [6.07, 6.45) is -0.714. The van der Waals surface area contributed by atoms with Gasteiger partial charge in [0.15, 0.2) is 12.4 Å². The maximum Gasteiger partial charge on any atom is 0.355 e. The van der Waals surface area contributed by atoms with Gasteiger partial charge in [-0.1, -0.05) is 0 Å². The first-order valence-corrected chi connectivity index (χ1v) is 7.14. The van der Waals surface area contributed by atoms with Gasteiger partial charge in [-0.3, -0.25) is 4.79 Å². The fourth-order valence-corrected chi connectivity index (χ4v) is 2.52. The molecule has 0 unspecified atom stereocenters. The second kappa shape index (κ2) is 6.75. The number of Topliss-reactive ketones (excluding diaryl/α,β-unsaturated/α-hetero) is 1. The Kier molecular flexibility index (Phi) is 4.95. The molecule has 0 aliphatic carbocycles. The standard InChI is InChI=1S/C17H18FNO4/c1-9-15(11(3)20)10(2)19-16(9)17(22)23-8-14(21)12-4-6-13(18)7-5-12/h4-7,11,19-20H,8H2,1-3H3/t11-/m1/s1. The van der Waals surface area contributed by atoms with E-state index in [0.717, 1.165) is 0 Å². The molecular weight excluding hydrogens is 301 g/mol. The Morgan fingerprint density at radius 2 is 1.87 bits per heavy atom. The smallest absolute Gasteiger partial charge is 0.355 e. The summed E-state index contributed by atoms with van der Waals surface area (Å²) in [7, 11) is 0. The fraction of sp³-hybridized carbons (Fsp3) is 0.294. The van der Waals surface area contributed by atoms with Crippen molar-refractivity contribution in [2.45, 2.75) is 26.9 Å². The lowest BCUT2D eigenvalue weighted by molar-refractivity contribution is 0.0468. The molecule has 0 aliphatic heterocycles. The number of hydrogen-bond acceptors (Lipinski definition) is 4. The van der Waals surface area contributed by atoms with Crippen molar-refractivity contribution in [1.82, 2.24) is 4.98 Å². The highest BCUT2D eigenvalue weighted by atomic mass is 19.1. The zero-order chi connectivity index (χ0) is 17.1. The van der Waals surface area contributed by atoms with Gasteiger partial charge >= 0.3 is 5.97 Å². The molecule has 0 spiro atoms. The first-order chi connectivity index (χ1) is 10.8. The monoisotopic (exact) mass is 319 g/mol. The molecule has 1 aromatic heterocycles. The number of rotatable bonds is 5. The average Bonchev–Trinajstić information content (AvgIpc) is 2.80. The number of benzene rings is 1. The van der Waals surface area contributed by atoms with E-state index < -0.39 is 30.3 Å². The number of aromatic amines is 1. The van der Waals surface area contributed by atoms with Crippen LogP contribution in [-0.2, 0) is 4.74 Å². The number of carbonyl (C=O) groups is 2. The summed E-state index contributed by atoms with van der Waals surface area (Å²) >= 11 is 0. The minimum absolute atomic E-state index is 0.213. The lowest BCUT2D eigenvalue weighted by atomic mass is 10.1. The number of ether oxygens (including phenoxy) is 1. The number of aromatic nitrogens is 1. The molecule has 2 rings (SSSR count). The van der Waals surface area contributed by atoms with Gasteiger partial charge < -0.3 is 14.8 Å². The van der Waals surface area contributed by atoms with Gasteiger partial charge in [0.25, 0.3) is 0 Å². The van der Waals surface area contributed by atoms with Crippen LogP contribution in [0.4, 0.5) is 4.39 Å². The summed E-state index contributed by atoms with van der Waals surface area (Å²) in [5, 5.41) is 9.71. The van der Waals surface area contributed by atoms with Crippen molar-refractivity contribution >= 4 is 11.8 Å². The number of esters is 1. The van der Waals surface area contributed by atoms with Crippen LogP contribution in [0.3, 0.4) is 0 Å². The highest BCUT2D eigenvalue weighted by Gasteiger charge is 2.21. The minimum Gasteiger partial charge on any atom is -0.453 e. The third-order valence-corrected chi connectivity index (χ3v) is 3.62. The van der Waals surface area contributed by atoms with Crippen LogP contribution in [0, 0.1) is 19.7 Å². The van der Waals surface area contributed by atoms with Crippen LogP contribution in [0.5, 0.6) is 0 Å². The van der Waals surface area contributed by atoms with Crippen LogP contribution in [0.15, 0.2) is 24.3 Å². The molecule has 0 aliphatic rings. The quantitative estimate of drug-likeness (QED) is 0.656. The van der Waals surface area contributed by atoms with Crippen LogP contribution < -0.4 is 0 Å². The van der Waals surface area contributed by atoms with Gasteiger partial charge in [0, 0.05) is 16.8 Å². The van der Waals surface area contributed by atoms with Gasteiger partial charge in [0.1, 0.15) is 11.5 Å². The van der Waals surface area contributed by atoms with E-state index >= 15 is 0 Å². The van der Waals surface area contributed by atoms with Gasteiger partial charge in [-0.05, 0) is 50.6 Å². The summed E-state index contributed by atoms with van der Waals surface area (Å²) in [6.45, 7) is 4.61. The van der Waals surface area contributed by atoms with Crippen molar-refractivity contribution in [3.8, 4) is 0 Å². The van der Waals surface area contributed by atoms with Crippen LogP contribution in [0.2, 0.25) is 0 Å². The van der Waals surface area contributed by atoms with Crippen LogP contribution >= 0.6 is 0 Å². The zero-order valence-electron chi connectivity index (χ0n) is 13.1. The molecule has 0 saturated carbocycles. The molecule has 0 radical (unpaired) electrons. The second-order valence-electron chi connectivity index (χ2n) is 5.35.